The Labute approximate surface area is 53.3 Å². The van der Waals surface area contributed by atoms with Gasteiger partial charge < -0.3 is 5.73 Å². The lowest BCUT2D eigenvalue weighted by Gasteiger charge is -1.99. The van der Waals surface area contributed by atoms with Crippen LogP contribution in [0.25, 0.3) is 5.73 Å². The van der Waals surface area contributed by atoms with E-state index in [4.69, 9.17) is 5.73 Å². The highest BCUT2D eigenvalue weighted by molar-refractivity contribution is 5.16. The topological polar surface area (TPSA) is 23.8 Å². The number of hydrogen-bond donors (Lipinski definition) is 0. The van der Waals surface area contributed by atoms with Crippen molar-refractivity contribution in [2.24, 2.45) is 0 Å². The summed E-state index contributed by atoms with van der Waals surface area (Å²) in [5, 5.41) is 0. The predicted molar refractivity (Wildman–Crippen MR) is 34.4 cm³/mol. The lowest BCUT2D eigenvalue weighted by atomic mass is 10.2. The van der Waals surface area contributed by atoms with Crippen LogP contribution in [0.4, 0.5) is 4.39 Å². The minimum Gasteiger partial charge on any atom is -0.674 e. The van der Waals surface area contributed by atoms with E-state index < -0.39 is 0 Å². The molecule has 0 spiro atoms. The van der Waals surface area contributed by atoms with Gasteiger partial charge in [0.25, 0.3) is 0 Å². The number of nitrogens with one attached hydrogen (secondary N) is 1. The van der Waals surface area contributed by atoms with Crippen molar-refractivity contribution in [2.75, 3.05) is 0 Å². The molecule has 0 radical (unpaired) electrons. The molecule has 0 aliphatic heterocycles. The van der Waals surface area contributed by atoms with E-state index in [1.165, 1.54) is 12.1 Å². The molecule has 1 aromatic carbocycles. The van der Waals surface area contributed by atoms with Crippen LogP contribution >= 0.6 is 0 Å². The van der Waals surface area contributed by atoms with E-state index in [2.05, 4.69) is 0 Å². The van der Waals surface area contributed by atoms with E-state index in [1.54, 1.807) is 12.1 Å². The van der Waals surface area contributed by atoms with Gasteiger partial charge in [0.1, 0.15) is 5.82 Å². The third-order valence-corrected chi connectivity index (χ3v) is 1.12. The number of hydrogen-bond acceptors (Lipinski definition) is 0. The summed E-state index contributed by atoms with van der Waals surface area (Å²) < 4.78 is 12.2. The van der Waals surface area contributed by atoms with Crippen LogP contribution in [0.3, 0.4) is 0 Å². The van der Waals surface area contributed by atoms with Crippen molar-refractivity contribution in [1.29, 1.82) is 0 Å². The van der Waals surface area contributed by atoms with Gasteiger partial charge in [0, 0.05) is 0 Å². The summed E-state index contributed by atoms with van der Waals surface area (Å²) >= 11 is 0. The van der Waals surface area contributed by atoms with Crippen LogP contribution in [0.5, 0.6) is 0 Å². The second kappa shape index (κ2) is 2.60. The van der Waals surface area contributed by atoms with E-state index in [-0.39, 0.29) is 12.4 Å². The Kier molecular flexibility index (Phi) is 1.80. The van der Waals surface area contributed by atoms with Gasteiger partial charge in [-0.15, -0.1) is 6.54 Å². The van der Waals surface area contributed by atoms with Gasteiger partial charge in [-0.3, -0.25) is 0 Å². The highest BCUT2D eigenvalue weighted by atomic mass is 19.1. The molecule has 0 amide bonds. The van der Waals surface area contributed by atoms with Gasteiger partial charge >= 0.3 is 0 Å². The molecule has 0 heterocycles. The summed E-state index contributed by atoms with van der Waals surface area (Å²) in [5.41, 5.74) is 7.74. The van der Waals surface area contributed by atoms with E-state index in [1.807, 2.05) is 0 Å². The molecule has 2 heteroatoms. The fraction of sp³-hybridized carbons (Fsp3) is 0.143. The van der Waals surface area contributed by atoms with Gasteiger partial charge in [-0.25, -0.2) is 4.39 Å². The molecule has 0 saturated carbocycles. The maximum absolute atomic E-state index is 12.2. The van der Waals surface area contributed by atoms with Crippen molar-refractivity contribution < 1.29 is 4.39 Å². The van der Waals surface area contributed by atoms with Crippen LogP contribution in [-0.4, -0.2) is 0 Å². The molecule has 48 valence electrons. The number of rotatable bonds is 1. The van der Waals surface area contributed by atoms with Crippen molar-refractivity contribution in [3.8, 4) is 0 Å². The van der Waals surface area contributed by atoms with Crippen LogP contribution < -0.4 is 0 Å². The second-order valence-corrected chi connectivity index (χ2v) is 1.80. The molecule has 0 unspecified atom stereocenters. The Bertz CT molecular complexity index is 181. The molecule has 0 fully saturated rings. The van der Waals surface area contributed by atoms with Crippen LogP contribution in [0, 0.1) is 5.82 Å². The SMILES string of the molecule is [NH-]Cc1ccc(F)cc1. The van der Waals surface area contributed by atoms with Crippen LogP contribution in [0.1, 0.15) is 5.56 Å². The molecular formula is C7H7FN-. The van der Waals surface area contributed by atoms with Crippen molar-refractivity contribution in [1.82, 2.24) is 0 Å². The Morgan fingerprint density at radius 3 is 2.22 bits per heavy atom. The highest BCUT2D eigenvalue weighted by Crippen LogP contribution is 2.02. The molecule has 0 aliphatic rings. The quantitative estimate of drug-likeness (QED) is 0.548. The molecule has 1 rings (SSSR count). The summed E-state index contributed by atoms with van der Waals surface area (Å²) in [6.07, 6.45) is 0. The molecule has 1 N–H and O–H groups in total. The van der Waals surface area contributed by atoms with Gasteiger partial charge in [0.2, 0.25) is 0 Å². The second-order valence-electron chi connectivity index (χ2n) is 1.80. The van der Waals surface area contributed by atoms with Gasteiger partial charge in [0.05, 0.1) is 0 Å². The number of benzene rings is 1. The maximum Gasteiger partial charge on any atom is 0.123 e. The minimum absolute atomic E-state index is 0.222. The monoisotopic (exact) mass is 124 g/mol. The number of halogens is 1. The first kappa shape index (κ1) is 6.23. The normalized spacial score (nSPS) is 9.56. The largest absolute Gasteiger partial charge is 0.674 e. The van der Waals surface area contributed by atoms with Crippen LogP contribution in [0.15, 0.2) is 24.3 Å². The molecule has 1 aromatic rings. The molecule has 0 saturated heterocycles. The first-order valence-electron chi connectivity index (χ1n) is 2.72. The molecule has 0 bridgehead atoms. The maximum atomic E-state index is 12.2. The van der Waals surface area contributed by atoms with Gasteiger partial charge in [0.15, 0.2) is 0 Å². The standard InChI is InChI=1S/C7H7FN/c8-7-3-1-6(5-9)2-4-7/h1-4,9H,5H2/q-1. The Hall–Kier alpha value is -0.890. The van der Waals surface area contributed by atoms with E-state index >= 15 is 0 Å². The Balaban J connectivity index is 2.88. The first-order valence-corrected chi connectivity index (χ1v) is 2.72. The third-order valence-electron chi connectivity index (χ3n) is 1.12. The molecule has 9 heavy (non-hydrogen) atoms. The lowest BCUT2D eigenvalue weighted by molar-refractivity contribution is 0.627. The third kappa shape index (κ3) is 1.50. The van der Waals surface area contributed by atoms with E-state index in [9.17, 15) is 4.39 Å². The van der Waals surface area contributed by atoms with E-state index in [0.29, 0.717) is 0 Å². The fourth-order valence-corrected chi connectivity index (χ4v) is 0.602. The van der Waals surface area contributed by atoms with Crippen molar-refractivity contribution in [2.45, 2.75) is 6.54 Å². The molecule has 0 atom stereocenters. The summed E-state index contributed by atoms with van der Waals surface area (Å²) in [5.74, 6) is -0.243. The predicted octanol–water partition coefficient (Wildman–Crippen LogP) is 2.38. The molecule has 1 nitrogen and oxygen atoms in total. The summed E-state index contributed by atoms with van der Waals surface area (Å²) in [6.45, 7) is 0.222. The van der Waals surface area contributed by atoms with Crippen molar-refractivity contribution in [3.05, 3.63) is 41.4 Å². The lowest BCUT2D eigenvalue weighted by Crippen LogP contribution is -1.77. The fourth-order valence-electron chi connectivity index (χ4n) is 0.602. The summed E-state index contributed by atoms with van der Waals surface area (Å²) in [4.78, 5) is 0. The molecular weight excluding hydrogens is 117 g/mol. The summed E-state index contributed by atoms with van der Waals surface area (Å²) in [6, 6.07) is 5.96. The van der Waals surface area contributed by atoms with Crippen molar-refractivity contribution in [3.63, 3.8) is 0 Å². The Morgan fingerprint density at radius 2 is 1.78 bits per heavy atom. The van der Waals surface area contributed by atoms with Gasteiger partial charge in [-0.05, 0) is 12.1 Å². The Morgan fingerprint density at radius 1 is 1.22 bits per heavy atom. The zero-order valence-corrected chi connectivity index (χ0v) is 4.89. The zero-order valence-electron chi connectivity index (χ0n) is 4.89. The molecule has 0 aliphatic carbocycles. The van der Waals surface area contributed by atoms with Gasteiger partial charge in [-0.1, -0.05) is 17.7 Å². The van der Waals surface area contributed by atoms with E-state index in [0.717, 1.165) is 5.56 Å². The summed E-state index contributed by atoms with van der Waals surface area (Å²) in [7, 11) is 0. The van der Waals surface area contributed by atoms with Gasteiger partial charge in [-0.2, -0.15) is 0 Å². The highest BCUT2D eigenvalue weighted by Gasteiger charge is 1.85. The van der Waals surface area contributed by atoms with Crippen LogP contribution in [-0.2, 0) is 6.54 Å². The zero-order chi connectivity index (χ0) is 6.69. The average Bonchev–Trinajstić information content (AvgIpc) is 1.90. The smallest absolute Gasteiger partial charge is 0.123 e. The first-order chi connectivity index (χ1) is 4.33. The average molecular weight is 124 g/mol. The van der Waals surface area contributed by atoms with Crippen LogP contribution in [0.2, 0.25) is 0 Å². The van der Waals surface area contributed by atoms with Crippen molar-refractivity contribution >= 4 is 0 Å². The minimum atomic E-state index is -0.243. The molecule has 0 aromatic heterocycles.